The van der Waals surface area contributed by atoms with Gasteiger partial charge in [-0.1, -0.05) is 103 Å². The Labute approximate surface area is 154 Å². The first-order chi connectivity index (χ1) is 12.0. The number of H-pyrrole nitrogens is 1. The van der Waals surface area contributed by atoms with Gasteiger partial charge in [0.1, 0.15) is 0 Å². The third-order valence-corrected chi connectivity index (χ3v) is 3.85. The van der Waals surface area contributed by atoms with Gasteiger partial charge < -0.3 is 4.98 Å². The molecule has 0 bridgehead atoms. The van der Waals surface area contributed by atoms with Crippen molar-refractivity contribution in [3.63, 3.8) is 0 Å². The van der Waals surface area contributed by atoms with Crippen LogP contribution >= 0.6 is 0 Å². The Balaban J connectivity index is 0.000000730. The minimum atomic E-state index is 0.198. The minimum absolute atomic E-state index is 0.198. The van der Waals surface area contributed by atoms with Gasteiger partial charge in [-0.2, -0.15) is 0 Å². The third kappa shape index (κ3) is 5.63. The molecule has 0 spiro atoms. The Bertz CT molecular complexity index is 713. The second-order valence-electron chi connectivity index (χ2n) is 6.50. The molecule has 0 unspecified atom stereocenters. The molecule has 1 aromatic heterocycles. The topological polar surface area (TPSA) is 15.8 Å². The van der Waals surface area contributed by atoms with Crippen LogP contribution in [-0.4, -0.2) is 4.98 Å². The van der Waals surface area contributed by atoms with E-state index in [-0.39, 0.29) is 5.41 Å². The maximum atomic E-state index is 3.38. The molecule has 0 aliphatic heterocycles. The Morgan fingerprint density at radius 2 is 1.20 bits per heavy atom. The van der Waals surface area contributed by atoms with Crippen LogP contribution in [0.25, 0.3) is 22.4 Å². The average molecular weight is 336 g/mol. The van der Waals surface area contributed by atoms with Crippen LogP contribution < -0.4 is 0 Å². The molecule has 3 rings (SSSR count). The minimum Gasteiger partial charge on any atom is -0.361 e. The molecule has 0 radical (unpaired) electrons. The van der Waals surface area contributed by atoms with Crippen LogP contribution in [0.15, 0.2) is 66.9 Å². The van der Waals surface area contributed by atoms with Crippen LogP contribution in [0.4, 0.5) is 0 Å². The van der Waals surface area contributed by atoms with Crippen molar-refractivity contribution < 1.29 is 0 Å². The van der Waals surface area contributed by atoms with E-state index in [0.29, 0.717) is 0 Å². The van der Waals surface area contributed by atoms with Gasteiger partial charge >= 0.3 is 0 Å². The molecule has 1 heteroatoms. The molecule has 2 aromatic carbocycles. The zero-order valence-electron chi connectivity index (χ0n) is 16.9. The summed E-state index contributed by atoms with van der Waals surface area (Å²) in [7, 11) is 0. The number of hydrogen-bond acceptors (Lipinski definition) is 0. The van der Waals surface area contributed by atoms with Crippen LogP contribution in [0, 0.1) is 0 Å². The number of aromatic amines is 1. The summed E-state index contributed by atoms with van der Waals surface area (Å²) < 4.78 is 0. The summed E-state index contributed by atoms with van der Waals surface area (Å²) in [6.45, 7) is 14.7. The van der Waals surface area contributed by atoms with Gasteiger partial charge in [0.15, 0.2) is 0 Å². The number of rotatable bonds is 2. The van der Waals surface area contributed by atoms with Gasteiger partial charge in [0.05, 0.1) is 0 Å². The largest absolute Gasteiger partial charge is 0.361 e. The fourth-order valence-corrected chi connectivity index (χ4v) is 2.51. The molecule has 0 atom stereocenters. The summed E-state index contributed by atoms with van der Waals surface area (Å²) in [4.78, 5) is 3.38. The van der Waals surface area contributed by atoms with E-state index in [2.05, 4.69) is 86.5 Å². The molecule has 3 aromatic rings. The van der Waals surface area contributed by atoms with Crippen molar-refractivity contribution in [3.8, 4) is 22.4 Å². The highest BCUT2D eigenvalue weighted by atomic mass is 14.7. The van der Waals surface area contributed by atoms with Gasteiger partial charge in [0.2, 0.25) is 0 Å². The van der Waals surface area contributed by atoms with E-state index in [1.165, 1.54) is 22.3 Å². The Hall–Kier alpha value is -2.28. The zero-order valence-corrected chi connectivity index (χ0v) is 16.9. The molecule has 0 aliphatic rings. The Morgan fingerprint density at radius 3 is 1.72 bits per heavy atom. The van der Waals surface area contributed by atoms with Crippen molar-refractivity contribution in [1.29, 1.82) is 0 Å². The van der Waals surface area contributed by atoms with Gasteiger partial charge in [-0.05, 0) is 33.7 Å². The maximum Gasteiger partial charge on any atom is 0.0460 e. The van der Waals surface area contributed by atoms with Crippen LogP contribution in [0.1, 0.15) is 54.0 Å². The van der Waals surface area contributed by atoms with Crippen molar-refractivity contribution in [2.24, 2.45) is 0 Å². The first-order valence-corrected chi connectivity index (χ1v) is 9.39. The molecule has 1 N–H and O–H groups in total. The molecule has 0 saturated heterocycles. The molecule has 0 aliphatic carbocycles. The number of hydrogen-bond donors (Lipinski definition) is 1. The molecule has 0 saturated carbocycles. The summed E-state index contributed by atoms with van der Waals surface area (Å²) in [6, 6.07) is 21.5. The van der Waals surface area contributed by atoms with Gasteiger partial charge in [-0.25, -0.2) is 0 Å². The zero-order chi connectivity index (χ0) is 18.9. The van der Waals surface area contributed by atoms with Gasteiger partial charge in [0.25, 0.3) is 0 Å². The summed E-state index contributed by atoms with van der Waals surface area (Å²) in [5, 5.41) is 0. The molecule has 0 fully saturated rings. The molecule has 1 nitrogen and oxygen atoms in total. The quantitative estimate of drug-likeness (QED) is 0.494. The second kappa shape index (κ2) is 9.88. The van der Waals surface area contributed by atoms with E-state index in [0.717, 1.165) is 5.69 Å². The van der Waals surface area contributed by atoms with Crippen LogP contribution in [0.5, 0.6) is 0 Å². The lowest BCUT2D eigenvalue weighted by molar-refractivity contribution is 0.590. The van der Waals surface area contributed by atoms with E-state index >= 15 is 0 Å². The lowest BCUT2D eigenvalue weighted by Gasteiger charge is -2.19. The number of benzene rings is 2. The number of aromatic nitrogens is 1. The standard InChI is InChI=1S/C20H21N.2C2H6/c1-20(2,3)18-11-9-16(10-12-18)19-13-17(14-21-19)15-7-5-4-6-8-15;2*1-2/h4-14,21H,1-3H3;2*1-2H3. The molecule has 1 heterocycles. The fraction of sp³-hybridized carbons (Fsp3) is 0.333. The highest BCUT2D eigenvalue weighted by Crippen LogP contribution is 2.28. The predicted molar refractivity (Wildman–Crippen MR) is 113 cm³/mol. The lowest BCUT2D eigenvalue weighted by atomic mass is 9.86. The van der Waals surface area contributed by atoms with E-state index < -0.39 is 0 Å². The van der Waals surface area contributed by atoms with Gasteiger partial charge in [-0.3, -0.25) is 0 Å². The Kier molecular flexibility index (Phi) is 8.21. The second-order valence-corrected chi connectivity index (χ2v) is 6.50. The van der Waals surface area contributed by atoms with E-state index in [4.69, 9.17) is 0 Å². The summed E-state index contributed by atoms with van der Waals surface area (Å²) >= 11 is 0. The van der Waals surface area contributed by atoms with Crippen molar-refractivity contribution >= 4 is 0 Å². The molecule has 0 amide bonds. The highest BCUT2D eigenvalue weighted by Gasteiger charge is 2.13. The summed E-state index contributed by atoms with van der Waals surface area (Å²) in [5.41, 5.74) is 6.42. The van der Waals surface area contributed by atoms with Gasteiger partial charge in [-0.15, -0.1) is 0 Å². The smallest absolute Gasteiger partial charge is 0.0460 e. The summed E-state index contributed by atoms with van der Waals surface area (Å²) in [6.07, 6.45) is 2.07. The van der Waals surface area contributed by atoms with Crippen molar-refractivity contribution in [1.82, 2.24) is 4.98 Å². The first kappa shape index (κ1) is 20.8. The molecular formula is C24H33N. The Morgan fingerprint density at radius 1 is 0.640 bits per heavy atom. The lowest BCUT2D eigenvalue weighted by Crippen LogP contribution is -2.10. The monoisotopic (exact) mass is 335 g/mol. The summed E-state index contributed by atoms with van der Waals surface area (Å²) in [5.74, 6) is 0. The van der Waals surface area contributed by atoms with Crippen LogP contribution in [0.3, 0.4) is 0 Å². The molecular weight excluding hydrogens is 302 g/mol. The molecule has 134 valence electrons. The van der Waals surface area contributed by atoms with Crippen LogP contribution in [-0.2, 0) is 5.41 Å². The van der Waals surface area contributed by atoms with Crippen molar-refractivity contribution in [2.45, 2.75) is 53.9 Å². The average Bonchev–Trinajstić information content (AvgIpc) is 3.15. The fourth-order valence-electron chi connectivity index (χ4n) is 2.51. The molecule has 25 heavy (non-hydrogen) atoms. The third-order valence-electron chi connectivity index (χ3n) is 3.85. The number of nitrogens with one attached hydrogen (secondary N) is 1. The predicted octanol–water partition coefficient (Wildman–Crippen LogP) is 7.70. The van der Waals surface area contributed by atoms with E-state index in [9.17, 15) is 0 Å². The SMILES string of the molecule is CC.CC.CC(C)(C)c1ccc(-c2cc(-c3ccccc3)c[nH]2)cc1. The van der Waals surface area contributed by atoms with Crippen molar-refractivity contribution in [3.05, 3.63) is 72.4 Å². The van der Waals surface area contributed by atoms with Crippen LogP contribution in [0.2, 0.25) is 0 Å². The highest BCUT2D eigenvalue weighted by molar-refractivity contribution is 5.71. The maximum absolute atomic E-state index is 3.38. The normalized spacial score (nSPS) is 10.2. The first-order valence-electron chi connectivity index (χ1n) is 9.39. The van der Waals surface area contributed by atoms with Gasteiger partial charge in [0, 0.05) is 11.9 Å². The van der Waals surface area contributed by atoms with E-state index in [1.807, 2.05) is 33.8 Å². The van der Waals surface area contributed by atoms with E-state index in [1.54, 1.807) is 0 Å². The van der Waals surface area contributed by atoms with Crippen molar-refractivity contribution in [2.75, 3.05) is 0 Å².